The zero-order valence-electron chi connectivity index (χ0n) is 16.0. The molecular formula is C19H19N3O6S. The van der Waals surface area contributed by atoms with Crippen LogP contribution in [0.2, 0.25) is 0 Å². The van der Waals surface area contributed by atoms with Crippen LogP contribution in [0, 0.1) is 0 Å². The molecule has 0 unspecified atom stereocenters. The molecule has 3 aromatic rings. The van der Waals surface area contributed by atoms with Gasteiger partial charge in [0, 0.05) is 19.5 Å². The smallest absolute Gasteiger partial charge is 0.325 e. The number of sulfonamides is 1. The van der Waals surface area contributed by atoms with E-state index in [0.29, 0.717) is 11.3 Å². The van der Waals surface area contributed by atoms with Gasteiger partial charge >= 0.3 is 6.03 Å². The van der Waals surface area contributed by atoms with Crippen LogP contribution >= 0.6 is 0 Å². The predicted molar refractivity (Wildman–Crippen MR) is 102 cm³/mol. The molecule has 2 aromatic heterocycles. The van der Waals surface area contributed by atoms with Gasteiger partial charge in [0.1, 0.15) is 17.1 Å². The van der Waals surface area contributed by atoms with Gasteiger partial charge in [0.15, 0.2) is 5.54 Å². The van der Waals surface area contributed by atoms with E-state index in [1.165, 1.54) is 26.2 Å². The highest BCUT2D eigenvalue weighted by atomic mass is 32.2. The van der Waals surface area contributed by atoms with Gasteiger partial charge in [-0.05, 0) is 31.2 Å². The lowest BCUT2D eigenvalue weighted by molar-refractivity contribution is -0.132. The fraction of sp³-hybridized carbons (Fsp3) is 0.263. The summed E-state index contributed by atoms with van der Waals surface area (Å²) in [6.45, 7) is 1.36. The third-order valence-corrected chi connectivity index (χ3v) is 6.57. The minimum Gasteiger partial charge on any atom is -0.458 e. The fourth-order valence-electron chi connectivity index (χ4n) is 3.15. The van der Waals surface area contributed by atoms with Gasteiger partial charge in [-0.3, -0.25) is 9.69 Å². The first kappa shape index (κ1) is 19.2. The van der Waals surface area contributed by atoms with Crippen molar-refractivity contribution in [1.82, 2.24) is 14.5 Å². The van der Waals surface area contributed by atoms with Crippen LogP contribution in [0.5, 0.6) is 0 Å². The number of carbonyl (C=O) groups excluding carboxylic acids is 2. The quantitative estimate of drug-likeness (QED) is 0.637. The summed E-state index contributed by atoms with van der Waals surface area (Å²) in [4.78, 5) is 26.5. The molecule has 4 rings (SSSR count). The van der Waals surface area contributed by atoms with Gasteiger partial charge in [-0.15, -0.1) is 0 Å². The number of hydrogen-bond donors (Lipinski definition) is 1. The number of para-hydroxylation sites is 1. The van der Waals surface area contributed by atoms with E-state index in [0.717, 1.165) is 14.6 Å². The molecule has 1 aromatic carbocycles. The summed E-state index contributed by atoms with van der Waals surface area (Å²) in [5.74, 6) is -0.0346. The number of nitrogens with zero attached hydrogens (tertiary/aromatic N) is 2. The Morgan fingerprint density at radius 1 is 1.10 bits per heavy atom. The van der Waals surface area contributed by atoms with Crippen LogP contribution in [-0.4, -0.2) is 43.7 Å². The Kier molecular flexibility index (Phi) is 4.28. The van der Waals surface area contributed by atoms with E-state index in [2.05, 4.69) is 5.32 Å². The Bertz CT molecular complexity index is 1190. The maximum absolute atomic E-state index is 13.0. The van der Waals surface area contributed by atoms with Crippen molar-refractivity contribution < 1.29 is 26.8 Å². The minimum absolute atomic E-state index is 0.169. The first-order chi connectivity index (χ1) is 13.6. The highest BCUT2D eigenvalue weighted by Gasteiger charge is 2.51. The summed E-state index contributed by atoms with van der Waals surface area (Å²) in [6.07, 6.45) is 0. The van der Waals surface area contributed by atoms with Crippen LogP contribution in [0.3, 0.4) is 0 Å². The second-order valence-corrected chi connectivity index (χ2v) is 9.19. The molecule has 0 radical (unpaired) electrons. The second kappa shape index (κ2) is 6.46. The number of fused-ring (bicyclic) bond motifs is 1. The average molecular weight is 417 g/mol. The first-order valence-electron chi connectivity index (χ1n) is 8.77. The molecule has 3 heterocycles. The van der Waals surface area contributed by atoms with Gasteiger partial charge in [0.25, 0.3) is 15.9 Å². The SMILES string of the molecule is CN(C)S(=O)(=O)c1ccc(CN2C(=O)N[C@@](C)(c3cc4ccccc4o3)C2=O)o1. The lowest BCUT2D eigenvalue weighted by Crippen LogP contribution is -2.40. The highest BCUT2D eigenvalue weighted by Crippen LogP contribution is 2.33. The number of furan rings is 2. The van der Waals surface area contributed by atoms with Crippen molar-refractivity contribution in [2.75, 3.05) is 14.1 Å². The van der Waals surface area contributed by atoms with E-state index in [-0.39, 0.29) is 17.4 Å². The minimum atomic E-state index is -3.75. The summed E-state index contributed by atoms with van der Waals surface area (Å²) >= 11 is 0. The van der Waals surface area contributed by atoms with E-state index < -0.39 is 27.5 Å². The predicted octanol–water partition coefficient (Wildman–Crippen LogP) is 2.24. The summed E-state index contributed by atoms with van der Waals surface area (Å²) in [5.41, 5.74) is -0.768. The number of imide groups is 1. The summed E-state index contributed by atoms with van der Waals surface area (Å²) < 4.78 is 36.4. The molecular weight excluding hydrogens is 398 g/mol. The Balaban J connectivity index is 1.61. The number of urea groups is 1. The molecule has 1 N–H and O–H groups in total. The van der Waals surface area contributed by atoms with Crippen molar-refractivity contribution in [3.8, 4) is 0 Å². The molecule has 3 amide bonds. The molecule has 10 heteroatoms. The number of rotatable bonds is 5. The molecule has 1 aliphatic heterocycles. The molecule has 1 aliphatic rings. The number of benzene rings is 1. The molecule has 29 heavy (non-hydrogen) atoms. The molecule has 152 valence electrons. The van der Waals surface area contributed by atoms with Gasteiger partial charge in [0.05, 0.1) is 6.54 Å². The highest BCUT2D eigenvalue weighted by molar-refractivity contribution is 7.88. The lowest BCUT2D eigenvalue weighted by Gasteiger charge is -2.18. The summed E-state index contributed by atoms with van der Waals surface area (Å²) in [7, 11) is -0.984. The molecule has 1 saturated heterocycles. The van der Waals surface area contributed by atoms with E-state index in [4.69, 9.17) is 8.83 Å². The molecule has 0 bridgehead atoms. The molecule has 0 saturated carbocycles. The van der Waals surface area contributed by atoms with Crippen LogP contribution in [0.1, 0.15) is 18.4 Å². The Hall–Kier alpha value is -3.11. The largest absolute Gasteiger partial charge is 0.458 e. The number of carbonyl (C=O) groups is 2. The van der Waals surface area contributed by atoms with Crippen LogP contribution in [-0.2, 0) is 26.9 Å². The van der Waals surface area contributed by atoms with Gasteiger partial charge in [-0.1, -0.05) is 18.2 Å². The maximum Gasteiger partial charge on any atom is 0.325 e. The van der Waals surface area contributed by atoms with E-state index in [9.17, 15) is 18.0 Å². The zero-order chi connectivity index (χ0) is 21.0. The van der Waals surface area contributed by atoms with Gasteiger partial charge < -0.3 is 14.2 Å². The number of nitrogens with one attached hydrogen (secondary N) is 1. The van der Waals surface area contributed by atoms with E-state index in [1.807, 2.05) is 18.2 Å². The number of hydrogen-bond acceptors (Lipinski definition) is 6. The Morgan fingerprint density at radius 3 is 2.52 bits per heavy atom. The summed E-state index contributed by atoms with van der Waals surface area (Å²) in [6, 6.07) is 11.1. The van der Waals surface area contributed by atoms with E-state index in [1.54, 1.807) is 19.1 Å². The van der Waals surface area contributed by atoms with Crippen LogP contribution in [0.25, 0.3) is 11.0 Å². The van der Waals surface area contributed by atoms with Crippen molar-refractivity contribution in [1.29, 1.82) is 0 Å². The molecule has 9 nitrogen and oxygen atoms in total. The van der Waals surface area contributed by atoms with Crippen molar-refractivity contribution in [2.24, 2.45) is 0 Å². The van der Waals surface area contributed by atoms with Crippen LogP contribution in [0.15, 0.2) is 56.4 Å². The van der Waals surface area contributed by atoms with Gasteiger partial charge in [-0.25, -0.2) is 17.5 Å². The van der Waals surface area contributed by atoms with Crippen molar-refractivity contribution in [3.05, 3.63) is 54.0 Å². The first-order valence-corrected chi connectivity index (χ1v) is 10.2. The molecule has 1 atom stereocenters. The molecule has 0 spiro atoms. The average Bonchev–Trinajstić information content (AvgIpc) is 3.36. The van der Waals surface area contributed by atoms with E-state index >= 15 is 0 Å². The standard InChI is InChI=1S/C19H19N3O6S/c1-19(15-10-12-6-4-5-7-14(12)28-15)17(23)22(18(24)20-19)11-13-8-9-16(27-13)29(25,26)21(2)3/h4-10H,11H2,1-3H3,(H,20,24)/t19-/m0/s1. The van der Waals surface area contributed by atoms with Crippen LogP contribution < -0.4 is 5.32 Å². The fourth-order valence-corrected chi connectivity index (χ4v) is 3.97. The third-order valence-electron chi connectivity index (χ3n) is 4.88. The molecule has 1 fully saturated rings. The normalized spacial score (nSPS) is 20.1. The third kappa shape index (κ3) is 3.00. The van der Waals surface area contributed by atoms with Crippen molar-refractivity contribution >= 4 is 32.9 Å². The van der Waals surface area contributed by atoms with Gasteiger partial charge in [0.2, 0.25) is 5.09 Å². The Morgan fingerprint density at radius 2 is 1.83 bits per heavy atom. The van der Waals surface area contributed by atoms with Crippen molar-refractivity contribution in [2.45, 2.75) is 24.1 Å². The van der Waals surface area contributed by atoms with Crippen molar-refractivity contribution in [3.63, 3.8) is 0 Å². The topological polar surface area (TPSA) is 113 Å². The second-order valence-electron chi connectivity index (χ2n) is 7.10. The summed E-state index contributed by atoms with van der Waals surface area (Å²) in [5, 5.41) is 3.21. The number of amides is 3. The maximum atomic E-state index is 13.0. The van der Waals surface area contributed by atoms with Gasteiger partial charge in [-0.2, -0.15) is 0 Å². The van der Waals surface area contributed by atoms with Crippen LogP contribution in [0.4, 0.5) is 4.79 Å². The Labute approximate surface area is 166 Å². The monoisotopic (exact) mass is 417 g/mol. The lowest BCUT2D eigenvalue weighted by atomic mass is 9.99. The molecule has 0 aliphatic carbocycles. The zero-order valence-corrected chi connectivity index (χ0v) is 16.8.